The minimum absolute atomic E-state index is 0.174. The predicted octanol–water partition coefficient (Wildman–Crippen LogP) is 2.27. The summed E-state index contributed by atoms with van der Waals surface area (Å²) >= 11 is 0. The summed E-state index contributed by atoms with van der Waals surface area (Å²) in [4.78, 5) is 15.2. The van der Waals surface area contributed by atoms with Crippen molar-refractivity contribution in [1.29, 1.82) is 0 Å². The fourth-order valence-electron chi connectivity index (χ4n) is 6.13. The molecule has 5 heteroatoms. The molecule has 1 spiro atoms. The van der Waals surface area contributed by atoms with E-state index in [4.69, 9.17) is 4.74 Å². The molecular formula is C21H26N2O3. The normalized spacial score (nSPS) is 38.1. The molecule has 4 aliphatic rings. The minimum atomic E-state index is -0.312. The van der Waals surface area contributed by atoms with Gasteiger partial charge < -0.3 is 15.2 Å². The molecule has 1 aromatic carbocycles. The number of para-hydroxylation sites is 1. The second-order valence-electron chi connectivity index (χ2n) is 8.42. The van der Waals surface area contributed by atoms with E-state index in [-0.39, 0.29) is 29.3 Å². The topological polar surface area (TPSA) is 61.8 Å². The first-order chi connectivity index (χ1) is 12.6. The number of methoxy groups -OCH3 is 1. The van der Waals surface area contributed by atoms with Gasteiger partial charge in [0.2, 0.25) is 0 Å². The number of anilines is 1. The van der Waals surface area contributed by atoms with Crippen LogP contribution in [0, 0.1) is 11.8 Å². The lowest BCUT2D eigenvalue weighted by Gasteiger charge is -2.45. The molecule has 5 atom stereocenters. The van der Waals surface area contributed by atoms with Gasteiger partial charge in [0, 0.05) is 24.0 Å². The van der Waals surface area contributed by atoms with Gasteiger partial charge in [0.05, 0.1) is 24.2 Å². The highest BCUT2D eigenvalue weighted by Crippen LogP contribution is 2.60. The van der Waals surface area contributed by atoms with E-state index < -0.39 is 0 Å². The number of nitrogens with zero attached hydrogens (tertiary/aromatic N) is 1. The molecule has 0 radical (unpaired) electrons. The first-order valence-corrected chi connectivity index (χ1v) is 9.67. The number of esters is 1. The summed E-state index contributed by atoms with van der Waals surface area (Å²) in [6.45, 7) is 4.07. The molecule has 0 bridgehead atoms. The van der Waals surface area contributed by atoms with Crippen molar-refractivity contribution in [3.63, 3.8) is 0 Å². The third-order valence-corrected chi connectivity index (χ3v) is 7.18. The fourth-order valence-corrected chi connectivity index (χ4v) is 6.13. The van der Waals surface area contributed by atoms with Crippen LogP contribution in [0.4, 0.5) is 5.69 Å². The van der Waals surface area contributed by atoms with Gasteiger partial charge in [0.25, 0.3) is 0 Å². The van der Waals surface area contributed by atoms with Crippen molar-refractivity contribution in [2.75, 3.05) is 25.5 Å². The number of hydrogen-bond acceptors (Lipinski definition) is 5. The van der Waals surface area contributed by atoms with Crippen molar-refractivity contribution in [1.82, 2.24) is 4.90 Å². The van der Waals surface area contributed by atoms with Crippen molar-refractivity contribution in [3.05, 3.63) is 41.1 Å². The SMILES string of the molecule is COC(=O)C1=C2Nc3ccccc3[C@@]23CCN2C[C@H](C)[C@H](O)C[C@@H](C1)[C@H]23. The Kier molecular flexibility index (Phi) is 3.50. The fraction of sp³-hybridized carbons (Fsp3) is 0.571. The Balaban J connectivity index is 1.74. The van der Waals surface area contributed by atoms with Crippen LogP contribution < -0.4 is 5.32 Å². The molecule has 2 fully saturated rings. The molecule has 5 rings (SSSR count). The van der Waals surface area contributed by atoms with Crippen LogP contribution in [0.1, 0.15) is 31.7 Å². The van der Waals surface area contributed by atoms with E-state index in [9.17, 15) is 9.90 Å². The minimum Gasteiger partial charge on any atom is -0.466 e. The molecule has 1 aliphatic carbocycles. The van der Waals surface area contributed by atoms with Crippen LogP contribution >= 0.6 is 0 Å². The van der Waals surface area contributed by atoms with Crippen LogP contribution in [0.3, 0.4) is 0 Å². The molecule has 3 aliphatic heterocycles. The van der Waals surface area contributed by atoms with Crippen molar-refractivity contribution in [2.24, 2.45) is 11.8 Å². The number of aliphatic hydroxyl groups excluding tert-OH is 1. The van der Waals surface area contributed by atoms with E-state index in [2.05, 4.69) is 35.3 Å². The molecule has 0 unspecified atom stereocenters. The molecule has 26 heavy (non-hydrogen) atoms. The van der Waals surface area contributed by atoms with Gasteiger partial charge in [0.1, 0.15) is 0 Å². The summed E-state index contributed by atoms with van der Waals surface area (Å²) in [6, 6.07) is 8.79. The lowest BCUT2D eigenvalue weighted by atomic mass is 9.62. The Morgan fingerprint density at radius 1 is 1.38 bits per heavy atom. The zero-order valence-electron chi connectivity index (χ0n) is 15.4. The summed E-state index contributed by atoms with van der Waals surface area (Å²) in [5, 5.41) is 14.3. The Morgan fingerprint density at radius 3 is 3.00 bits per heavy atom. The monoisotopic (exact) mass is 354 g/mol. The van der Waals surface area contributed by atoms with Gasteiger partial charge in [-0.15, -0.1) is 0 Å². The summed E-state index contributed by atoms with van der Waals surface area (Å²) in [7, 11) is 1.46. The Labute approximate surface area is 154 Å². The average Bonchev–Trinajstić information content (AvgIpc) is 3.15. The van der Waals surface area contributed by atoms with Crippen LogP contribution in [0.15, 0.2) is 35.5 Å². The predicted molar refractivity (Wildman–Crippen MR) is 98.7 cm³/mol. The quantitative estimate of drug-likeness (QED) is 0.758. The van der Waals surface area contributed by atoms with E-state index in [1.54, 1.807) is 0 Å². The number of carbonyl (C=O) groups is 1. The lowest BCUT2D eigenvalue weighted by molar-refractivity contribution is -0.136. The molecule has 5 nitrogen and oxygen atoms in total. The van der Waals surface area contributed by atoms with E-state index in [0.717, 1.165) is 42.9 Å². The number of benzene rings is 1. The maximum absolute atomic E-state index is 12.6. The van der Waals surface area contributed by atoms with Gasteiger partial charge in [-0.3, -0.25) is 4.90 Å². The van der Waals surface area contributed by atoms with Gasteiger partial charge in [0.15, 0.2) is 0 Å². The molecule has 2 saturated heterocycles. The maximum atomic E-state index is 12.6. The average molecular weight is 354 g/mol. The van der Waals surface area contributed by atoms with E-state index in [1.807, 2.05) is 6.07 Å². The Bertz CT molecular complexity index is 804. The largest absolute Gasteiger partial charge is 0.466 e. The number of carbonyl (C=O) groups excluding carboxylic acids is 1. The standard InChI is InChI=1S/C21H26N2O3/c1-12-11-23-8-7-21-15-5-3-4-6-16(15)22-18(21)14(20(25)26-2)9-13(19(21)23)10-17(12)24/h3-6,12-13,17,19,22,24H,7-11H2,1-2H3/t12-,13+,17+,19-,21-/m0/s1. The highest BCUT2D eigenvalue weighted by molar-refractivity contribution is 5.93. The smallest absolute Gasteiger partial charge is 0.335 e. The first kappa shape index (κ1) is 16.3. The maximum Gasteiger partial charge on any atom is 0.335 e. The third-order valence-electron chi connectivity index (χ3n) is 7.18. The van der Waals surface area contributed by atoms with E-state index >= 15 is 0 Å². The van der Waals surface area contributed by atoms with Crippen molar-refractivity contribution < 1.29 is 14.6 Å². The second-order valence-corrected chi connectivity index (χ2v) is 8.42. The summed E-state index contributed by atoms with van der Waals surface area (Å²) in [5.41, 5.74) is 4.07. The molecule has 0 saturated carbocycles. The van der Waals surface area contributed by atoms with Crippen molar-refractivity contribution in [3.8, 4) is 0 Å². The van der Waals surface area contributed by atoms with Crippen LogP contribution in [-0.4, -0.2) is 48.3 Å². The third kappa shape index (κ3) is 1.96. The summed E-state index contributed by atoms with van der Waals surface area (Å²) in [5.74, 6) is 0.289. The molecule has 138 valence electrons. The molecule has 3 heterocycles. The molecule has 0 aromatic heterocycles. The van der Waals surface area contributed by atoms with Crippen molar-refractivity contribution in [2.45, 2.75) is 43.7 Å². The van der Waals surface area contributed by atoms with E-state index in [0.29, 0.717) is 12.5 Å². The number of nitrogens with one attached hydrogen (secondary N) is 1. The number of hydrogen-bond donors (Lipinski definition) is 2. The van der Waals surface area contributed by atoms with Crippen LogP contribution in [0.5, 0.6) is 0 Å². The van der Waals surface area contributed by atoms with Crippen molar-refractivity contribution >= 4 is 11.7 Å². The molecule has 2 N–H and O–H groups in total. The highest BCUT2D eigenvalue weighted by Gasteiger charge is 2.61. The number of ether oxygens (including phenoxy) is 1. The Morgan fingerprint density at radius 2 is 2.19 bits per heavy atom. The van der Waals surface area contributed by atoms with Gasteiger partial charge in [-0.1, -0.05) is 25.1 Å². The second kappa shape index (κ2) is 5.57. The molecule has 1 aromatic rings. The van der Waals surface area contributed by atoms with E-state index in [1.165, 1.54) is 12.7 Å². The van der Waals surface area contributed by atoms with Gasteiger partial charge in [-0.25, -0.2) is 4.79 Å². The molecule has 0 amide bonds. The van der Waals surface area contributed by atoms with Gasteiger partial charge in [-0.2, -0.15) is 0 Å². The zero-order valence-corrected chi connectivity index (χ0v) is 15.4. The summed E-state index contributed by atoms with van der Waals surface area (Å²) in [6.07, 6.45) is 2.12. The number of aliphatic hydroxyl groups is 1. The van der Waals surface area contributed by atoms with Gasteiger partial charge >= 0.3 is 5.97 Å². The first-order valence-electron chi connectivity index (χ1n) is 9.67. The Hall–Kier alpha value is -1.85. The number of rotatable bonds is 1. The van der Waals surface area contributed by atoms with Crippen LogP contribution in [0.2, 0.25) is 0 Å². The number of fused-ring (bicyclic) bond motifs is 1. The summed E-state index contributed by atoms with van der Waals surface area (Å²) < 4.78 is 5.15. The zero-order chi connectivity index (χ0) is 18.1. The molecular weight excluding hydrogens is 328 g/mol. The lowest BCUT2D eigenvalue weighted by Crippen LogP contribution is -2.51. The van der Waals surface area contributed by atoms with Crippen LogP contribution in [0.25, 0.3) is 0 Å². The van der Waals surface area contributed by atoms with Crippen LogP contribution in [-0.2, 0) is 14.9 Å². The highest BCUT2D eigenvalue weighted by atomic mass is 16.5. The van der Waals surface area contributed by atoms with Gasteiger partial charge in [-0.05, 0) is 49.3 Å².